The lowest BCUT2D eigenvalue weighted by molar-refractivity contribution is -0.139. The lowest BCUT2D eigenvalue weighted by atomic mass is 10.2. The number of carboxylic acid groups (broad SMARTS) is 1. The highest BCUT2D eigenvalue weighted by Gasteiger charge is 2.21. The Balaban J connectivity index is 1.80. The van der Waals surface area contributed by atoms with Crippen LogP contribution < -0.4 is 4.90 Å². The van der Waals surface area contributed by atoms with Crippen LogP contribution in [0.1, 0.15) is 0 Å². The van der Waals surface area contributed by atoms with Gasteiger partial charge in [0.25, 0.3) is 0 Å². The van der Waals surface area contributed by atoms with E-state index in [1.165, 1.54) is 0 Å². The predicted octanol–water partition coefficient (Wildman–Crippen LogP) is 0.352. The van der Waals surface area contributed by atoms with Crippen molar-refractivity contribution in [2.45, 2.75) is 0 Å². The van der Waals surface area contributed by atoms with E-state index in [-0.39, 0.29) is 12.5 Å². The molecular weight excluding hydrogens is 270 g/mol. The number of piperazine rings is 1. The van der Waals surface area contributed by atoms with Gasteiger partial charge in [-0.25, -0.2) is 0 Å². The molecule has 0 aliphatic carbocycles. The summed E-state index contributed by atoms with van der Waals surface area (Å²) in [7, 11) is 1.78. The molecule has 0 unspecified atom stereocenters. The average Bonchev–Trinajstić information content (AvgIpc) is 2.49. The number of anilines is 1. The van der Waals surface area contributed by atoms with Gasteiger partial charge in [-0.2, -0.15) is 0 Å². The van der Waals surface area contributed by atoms with Crippen LogP contribution in [0.3, 0.4) is 0 Å². The van der Waals surface area contributed by atoms with Crippen molar-refractivity contribution in [3.05, 3.63) is 30.3 Å². The summed E-state index contributed by atoms with van der Waals surface area (Å²) in [5, 5.41) is 8.76. The summed E-state index contributed by atoms with van der Waals surface area (Å²) < 4.78 is 0. The van der Waals surface area contributed by atoms with E-state index in [9.17, 15) is 9.59 Å². The van der Waals surface area contributed by atoms with Crippen molar-refractivity contribution < 1.29 is 14.7 Å². The number of hydrogen-bond donors (Lipinski definition) is 1. The van der Waals surface area contributed by atoms with Gasteiger partial charge >= 0.3 is 5.97 Å². The summed E-state index contributed by atoms with van der Waals surface area (Å²) >= 11 is 0. The molecule has 0 bridgehead atoms. The third-order valence-electron chi connectivity index (χ3n) is 3.70. The van der Waals surface area contributed by atoms with E-state index in [1.54, 1.807) is 11.9 Å². The second-order valence-electron chi connectivity index (χ2n) is 5.23. The molecule has 0 spiro atoms. The van der Waals surface area contributed by atoms with E-state index in [2.05, 4.69) is 4.90 Å². The van der Waals surface area contributed by atoms with E-state index in [1.807, 2.05) is 35.2 Å². The molecule has 6 heteroatoms. The summed E-state index contributed by atoms with van der Waals surface area (Å²) in [6.45, 7) is 3.27. The normalized spacial score (nSPS) is 16.6. The number of likely N-dealkylation sites (N-methyl/N-ethyl adjacent to an activating group) is 1. The van der Waals surface area contributed by atoms with Crippen molar-refractivity contribution >= 4 is 17.6 Å². The number of hydrogen-bond acceptors (Lipinski definition) is 4. The summed E-state index contributed by atoms with van der Waals surface area (Å²) in [6, 6.07) is 9.54. The molecule has 21 heavy (non-hydrogen) atoms. The summed E-state index contributed by atoms with van der Waals surface area (Å²) in [6.07, 6.45) is 0. The van der Waals surface area contributed by atoms with Gasteiger partial charge in [-0.3, -0.25) is 19.4 Å². The highest BCUT2D eigenvalue weighted by atomic mass is 16.4. The van der Waals surface area contributed by atoms with Gasteiger partial charge < -0.3 is 10.0 Å². The maximum atomic E-state index is 12.2. The molecular formula is C15H21N3O3. The largest absolute Gasteiger partial charge is 0.480 e. The van der Waals surface area contributed by atoms with Crippen molar-refractivity contribution in [2.24, 2.45) is 0 Å². The van der Waals surface area contributed by atoms with Crippen LogP contribution in [0.25, 0.3) is 0 Å². The molecule has 0 atom stereocenters. The zero-order chi connectivity index (χ0) is 15.2. The summed E-state index contributed by atoms with van der Waals surface area (Å²) in [5.74, 6) is -0.753. The third-order valence-corrected chi connectivity index (χ3v) is 3.70. The number of carbonyl (C=O) groups excluding carboxylic acids is 1. The molecule has 1 aliphatic heterocycles. The fourth-order valence-corrected chi connectivity index (χ4v) is 2.39. The third kappa shape index (κ3) is 4.54. The van der Waals surface area contributed by atoms with Crippen molar-refractivity contribution in [1.82, 2.24) is 9.80 Å². The zero-order valence-electron chi connectivity index (χ0n) is 12.2. The molecule has 2 rings (SSSR count). The Bertz CT molecular complexity index is 484. The van der Waals surface area contributed by atoms with Crippen LogP contribution in [-0.4, -0.2) is 73.1 Å². The average molecular weight is 291 g/mol. The van der Waals surface area contributed by atoms with E-state index in [0.717, 1.165) is 18.8 Å². The maximum absolute atomic E-state index is 12.2. The van der Waals surface area contributed by atoms with Crippen molar-refractivity contribution in [3.8, 4) is 0 Å². The number of aliphatic carboxylic acids is 1. The molecule has 1 aromatic carbocycles. The van der Waals surface area contributed by atoms with Crippen LogP contribution in [0.4, 0.5) is 5.69 Å². The topological polar surface area (TPSA) is 64.1 Å². The second-order valence-corrected chi connectivity index (χ2v) is 5.23. The van der Waals surface area contributed by atoms with Crippen molar-refractivity contribution in [3.63, 3.8) is 0 Å². The van der Waals surface area contributed by atoms with Gasteiger partial charge in [-0.05, 0) is 12.1 Å². The Morgan fingerprint density at radius 2 is 1.57 bits per heavy atom. The molecule has 6 nitrogen and oxygen atoms in total. The SMILES string of the molecule is CN(C(=O)CN1CCN(CC(=O)O)CC1)c1ccccc1. The molecule has 1 saturated heterocycles. The number of para-hydroxylation sites is 1. The Kier molecular flexibility index (Phi) is 5.30. The van der Waals surface area contributed by atoms with Crippen LogP contribution in [0.5, 0.6) is 0 Å². The Labute approximate surface area is 124 Å². The minimum Gasteiger partial charge on any atom is -0.480 e. The molecule has 1 aliphatic rings. The molecule has 1 N–H and O–H groups in total. The van der Waals surface area contributed by atoms with Crippen LogP contribution in [0.15, 0.2) is 30.3 Å². The molecule has 1 heterocycles. The Hall–Kier alpha value is -1.92. The molecule has 1 amide bonds. The van der Waals surface area contributed by atoms with Crippen molar-refractivity contribution in [2.75, 3.05) is 51.2 Å². The van der Waals surface area contributed by atoms with Gasteiger partial charge in [0.15, 0.2) is 0 Å². The number of amides is 1. The lowest BCUT2D eigenvalue weighted by Crippen LogP contribution is -2.50. The van der Waals surface area contributed by atoms with Crippen LogP contribution in [0, 0.1) is 0 Å². The number of carbonyl (C=O) groups is 2. The minimum absolute atomic E-state index is 0.0490. The van der Waals surface area contributed by atoms with Gasteiger partial charge in [-0.1, -0.05) is 18.2 Å². The van der Waals surface area contributed by atoms with Crippen LogP contribution in [-0.2, 0) is 9.59 Å². The molecule has 1 aromatic rings. The molecule has 0 saturated carbocycles. The summed E-state index contributed by atoms with van der Waals surface area (Å²) in [4.78, 5) is 28.5. The molecule has 114 valence electrons. The smallest absolute Gasteiger partial charge is 0.317 e. The first-order valence-corrected chi connectivity index (χ1v) is 7.04. The first-order chi connectivity index (χ1) is 10.1. The van der Waals surface area contributed by atoms with E-state index in [4.69, 9.17) is 5.11 Å². The molecule has 0 radical (unpaired) electrons. The number of benzene rings is 1. The van der Waals surface area contributed by atoms with E-state index in [0.29, 0.717) is 19.6 Å². The quantitative estimate of drug-likeness (QED) is 0.848. The van der Waals surface area contributed by atoms with Gasteiger partial charge in [0.05, 0.1) is 13.1 Å². The highest BCUT2D eigenvalue weighted by Crippen LogP contribution is 2.12. The zero-order valence-corrected chi connectivity index (χ0v) is 12.2. The monoisotopic (exact) mass is 291 g/mol. The fourth-order valence-electron chi connectivity index (χ4n) is 2.39. The van der Waals surface area contributed by atoms with Crippen molar-refractivity contribution in [1.29, 1.82) is 0 Å². The first kappa shape index (κ1) is 15.5. The van der Waals surface area contributed by atoms with Gasteiger partial charge in [0, 0.05) is 38.9 Å². The molecule has 0 aromatic heterocycles. The van der Waals surface area contributed by atoms with Gasteiger partial charge in [0.1, 0.15) is 0 Å². The number of carboxylic acids is 1. The first-order valence-electron chi connectivity index (χ1n) is 7.04. The fraction of sp³-hybridized carbons (Fsp3) is 0.467. The minimum atomic E-state index is -0.802. The highest BCUT2D eigenvalue weighted by molar-refractivity contribution is 5.94. The number of rotatable bonds is 5. The summed E-state index contributed by atoms with van der Waals surface area (Å²) in [5.41, 5.74) is 0.881. The Morgan fingerprint density at radius 3 is 2.10 bits per heavy atom. The van der Waals surface area contributed by atoms with E-state index >= 15 is 0 Å². The predicted molar refractivity (Wildman–Crippen MR) is 80.4 cm³/mol. The second kappa shape index (κ2) is 7.19. The van der Waals surface area contributed by atoms with Gasteiger partial charge in [0.2, 0.25) is 5.91 Å². The maximum Gasteiger partial charge on any atom is 0.317 e. The lowest BCUT2D eigenvalue weighted by Gasteiger charge is -2.34. The van der Waals surface area contributed by atoms with Crippen LogP contribution in [0.2, 0.25) is 0 Å². The standard InChI is InChI=1S/C15H21N3O3/c1-16(13-5-3-2-4-6-13)14(19)11-17-7-9-18(10-8-17)12-15(20)21/h2-6H,7-12H2,1H3,(H,20,21). The molecule has 1 fully saturated rings. The number of nitrogens with zero attached hydrogens (tertiary/aromatic N) is 3. The van der Waals surface area contributed by atoms with Crippen LogP contribution >= 0.6 is 0 Å². The Morgan fingerprint density at radius 1 is 1.05 bits per heavy atom. The van der Waals surface area contributed by atoms with Gasteiger partial charge in [-0.15, -0.1) is 0 Å². The van der Waals surface area contributed by atoms with E-state index < -0.39 is 5.97 Å².